The molecule has 2 amide bonds. The van der Waals surface area contributed by atoms with Crippen LogP contribution >= 0.6 is 0 Å². The van der Waals surface area contributed by atoms with E-state index in [1.54, 1.807) is 13.8 Å². The van der Waals surface area contributed by atoms with Crippen molar-refractivity contribution < 1.29 is 33.3 Å². The van der Waals surface area contributed by atoms with E-state index in [9.17, 15) is 14.4 Å². The van der Waals surface area contributed by atoms with Crippen LogP contribution in [0.15, 0.2) is 0 Å². The SMILES string of the molecule is CCCOCCOC(=O)NCC(NC(=O)OCCOCCC)C(=O)C(C)C. The topological polar surface area (TPSA) is 112 Å². The quantitative estimate of drug-likeness (QED) is 0.411. The Kier molecular flexibility index (Phi) is 15.2. The average Bonchev–Trinajstić information content (AvgIpc) is 2.64. The van der Waals surface area contributed by atoms with E-state index < -0.39 is 18.2 Å². The van der Waals surface area contributed by atoms with Gasteiger partial charge in [-0.05, 0) is 12.8 Å². The lowest BCUT2D eigenvalue weighted by Crippen LogP contribution is -2.50. The molecule has 0 bridgehead atoms. The lowest BCUT2D eigenvalue weighted by molar-refractivity contribution is -0.123. The highest BCUT2D eigenvalue weighted by atomic mass is 16.6. The molecule has 2 N–H and O–H groups in total. The van der Waals surface area contributed by atoms with E-state index in [4.69, 9.17) is 18.9 Å². The Bertz CT molecular complexity index is 430. The minimum Gasteiger partial charge on any atom is -0.447 e. The summed E-state index contributed by atoms with van der Waals surface area (Å²) in [5, 5.41) is 4.93. The van der Waals surface area contributed by atoms with Gasteiger partial charge in [-0.25, -0.2) is 9.59 Å². The molecule has 0 aliphatic heterocycles. The van der Waals surface area contributed by atoms with Crippen LogP contribution in [0, 0.1) is 5.92 Å². The molecule has 0 aliphatic carbocycles. The van der Waals surface area contributed by atoms with Crippen LogP contribution in [0.25, 0.3) is 0 Å². The van der Waals surface area contributed by atoms with Crippen LogP contribution in [0.4, 0.5) is 9.59 Å². The molecule has 9 heteroatoms. The van der Waals surface area contributed by atoms with Gasteiger partial charge in [0.05, 0.1) is 13.2 Å². The van der Waals surface area contributed by atoms with Gasteiger partial charge >= 0.3 is 12.2 Å². The third-order valence-electron chi connectivity index (χ3n) is 3.27. The molecule has 1 unspecified atom stereocenters. The Balaban J connectivity index is 4.26. The Morgan fingerprint density at radius 2 is 1.30 bits per heavy atom. The molecule has 0 radical (unpaired) electrons. The van der Waals surface area contributed by atoms with Crippen LogP contribution in [-0.2, 0) is 23.7 Å². The lowest BCUT2D eigenvalue weighted by Gasteiger charge is -2.19. The first-order valence-electron chi connectivity index (χ1n) is 9.45. The van der Waals surface area contributed by atoms with Crippen molar-refractivity contribution in [2.45, 2.75) is 46.6 Å². The lowest BCUT2D eigenvalue weighted by atomic mass is 10.0. The second-order valence-electron chi connectivity index (χ2n) is 6.13. The second-order valence-corrected chi connectivity index (χ2v) is 6.13. The molecule has 0 spiro atoms. The standard InChI is InChI=1S/C18H34N2O7/c1-5-7-24-9-11-26-17(22)19-13-15(16(21)14(3)4)20-18(23)27-12-10-25-8-6-2/h14-15H,5-13H2,1-4H3,(H,19,22)(H,20,23). The number of ketones is 1. The molecule has 0 saturated heterocycles. The van der Waals surface area contributed by atoms with Gasteiger partial charge < -0.3 is 29.6 Å². The first kappa shape index (κ1) is 25.1. The molecular formula is C18H34N2O7. The van der Waals surface area contributed by atoms with Crippen LogP contribution in [0.5, 0.6) is 0 Å². The number of hydrogen-bond acceptors (Lipinski definition) is 7. The predicted molar refractivity (Wildman–Crippen MR) is 99.7 cm³/mol. The van der Waals surface area contributed by atoms with Gasteiger partial charge in [-0.1, -0.05) is 27.7 Å². The summed E-state index contributed by atoms with van der Waals surface area (Å²) in [5.74, 6) is -0.538. The highest BCUT2D eigenvalue weighted by Crippen LogP contribution is 2.00. The second kappa shape index (κ2) is 16.3. The van der Waals surface area contributed by atoms with Crippen molar-refractivity contribution in [3.05, 3.63) is 0 Å². The molecule has 0 aromatic carbocycles. The number of carbonyl (C=O) groups is 3. The van der Waals surface area contributed by atoms with Crippen molar-refractivity contribution in [2.75, 3.05) is 46.2 Å². The summed E-state index contributed by atoms with van der Waals surface area (Å²) in [5.41, 5.74) is 0. The molecule has 0 aliphatic rings. The largest absolute Gasteiger partial charge is 0.447 e. The summed E-state index contributed by atoms with van der Waals surface area (Å²) in [6, 6.07) is -0.905. The monoisotopic (exact) mass is 390 g/mol. The van der Waals surface area contributed by atoms with E-state index in [-0.39, 0.29) is 38.1 Å². The van der Waals surface area contributed by atoms with Crippen molar-refractivity contribution in [3.8, 4) is 0 Å². The number of hydrogen-bond donors (Lipinski definition) is 2. The molecule has 0 aromatic heterocycles. The van der Waals surface area contributed by atoms with E-state index in [1.165, 1.54) is 0 Å². The van der Waals surface area contributed by atoms with E-state index in [2.05, 4.69) is 10.6 Å². The zero-order valence-corrected chi connectivity index (χ0v) is 16.9. The van der Waals surface area contributed by atoms with Crippen molar-refractivity contribution in [3.63, 3.8) is 0 Å². The van der Waals surface area contributed by atoms with Gasteiger partial charge in [-0.15, -0.1) is 0 Å². The maximum Gasteiger partial charge on any atom is 0.407 e. The maximum atomic E-state index is 12.2. The highest BCUT2D eigenvalue weighted by molar-refractivity contribution is 5.89. The fourth-order valence-electron chi connectivity index (χ4n) is 1.92. The molecule has 0 fully saturated rings. The Labute approximate surface area is 161 Å². The molecule has 158 valence electrons. The summed E-state index contributed by atoms with van der Waals surface area (Å²) in [4.78, 5) is 35.7. The number of ether oxygens (including phenoxy) is 4. The summed E-state index contributed by atoms with van der Waals surface area (Å²) in [7, 11) is 0. The van der Waals surface area contributed by atoms with Crippen LogP contribution in [0.2, 0.25) is 0 Å². The van der Waals surface area contributed by atoms with Gasteiger partial charge in [-0.3, -0.25) is 4.79 Å². The molecular weight excluding hydrogens is 356 g/mol. The summed E-state index contributed by atoms with van der Waals surface area (Å²) in [6.07, 6.45) is 0.346. The molecule has 0 rings (SSSR count). The Morgan fingerprint density at radius 3 is 1.78 bits per heavy atom. The van der Waals surface area contributed by atoms with Gasteiger partial charge in [0.25, 0.3) is 0 Å². The van der Waals surface area contributed by atoms with Gasteiger partial charge in [0.1, 0.15) is 19.3 Å². The number of nitrogens with one attached hydrogen (secondary N) is 2. The number of Topliss-reactive ketones (excluding diaryl/α,β-unsaturated/α-hetero) is 1. The zero-order chi connectivity index (χ0) is 20.5. The highest BCUT2D eigenvalue weighted by Gasteiger charge is 2.24. The number of carbonyl (C=O) groups excluding carboxylic acids is 3. The summed E-state index contributed by atoms with van der Waals surface area (Å²) < 4.78 is 20.3. The van der Waals surface area contributed by atoms with Crippen molar-refractivity contribution >= 4 is 18.0 Å². The van der Waals surface area contributed by atoms with Gasteiger partial charge in [-0.2, -0.15) is 0 Å². The maximum absolute atomic E-state index is 12.2. The van der Waals surface area contributed by atoms with Crippen LogP contribution in [0.3, 0.4) is 0 Å². The third kappa shape index (κ3) is 13.9. The third-order valence-corrected chi connectivity index (χ3v) is 3.27. The minimum atomic E-state index is -0.905. The molecule has 9 nitrogen and oxygen atoms in total. The van der Waals surface area contributed by atoms with Gasteiger partial charge in [0.15, 0.2) is 5.78 Å². The molecule has 0 aromatic rings. The first-order valence-corrected chi connectivity index (χ1v) is 9.45. The number of amides is 2. The normalized spacial score (nSPS) is 11.7. The smallest absolute Gasteiger partial charge is 0.407 e. The molecule has 1 atom stereocenters. The predicted octanol–water partition coefficient (Wildman–Crippen LogP) is 1.89. The van der Waals surface area contributed by atoms with Crippen molar-refractivity contribution in [2.24, 2.45) is 5.92 Å². The van der Waals surface area contributed by atoms with Crippen LogP contribution < -0.4 is 10.6 Å². The summed E-state index contributed by atoms with van der Waals surface area (Å²) >= 11 is 0. The van der Waals surface area contributed by atoms with Gasteiger partial charge in [0, 0.05) is 25.7 Å². The van der Waals surface area contributed by atoms with Crippen molar-refractivity contribution in [1.29, 1.82) is 0 Å². The molecule has 27 heavy (non-hydrogen) atoms. The number of rotatable bonds is 15. The Morgan fingerprint density at radius 1 is 0.778 bits per heavy atom. The fraction of sp³-hybridized carbons (Fsp3) is 0.833. The summed E-state index contributed by atoms with van der Waals surface area (Å²) in [6.45, 7) is 9.28. The Hall–Kier alpha value is -1.87. The van der Waals surface area contributed by atoms with Crippen LogP contribution in [0.1, 0.15) is 40.5 Å². The average molecular weight is 390 g/mol. The zero-order valence-electron chi connectivity index (χ0n) is 16.9. The fourth-order valence-corrected chi connectivity index (χ4v) is 1.92. The van der Waals surface area contributed by atoms with Crippen molar-refractivity contribution in [1.82, 2.24) is 10.6 Å². The van der Waals surface area contributed by atoms with E-state index in [1.807, 2.05) is 13.8 Å². The van der Waals surface area contributed by atoms with E-state index >= 15 is 0 Å². The van der Waals surface area contributed by atoms with E-state index in [0.717, 1.165) is 12.8 Å². The minimum absolute atomic E-state index is 0.0850. The first-order chi connectivity index (χ1) is 12.9. The van der Waals surface area contributed by atoms with E-state index in [0.29, 0.717) is 19.8 Å². The molecule has 0 heterocycles. The van der Waals surface area contributed by atoms with Crippen LogP contribution in [-0.4, -0.2) is 70.2 Å². The number of alkyl carbamates (subject to hydrolysis) is 2. The molecule has 0 saturated carbocycles. The van der Waals surface area contributed by atoms with Gasteiger partial charge in [0.2, 0.25) is 0 Å².